The number of nitrogens with zero attached hydrogens (tertiary/aromatic N) is 3. The highest BCUT2D eigenvalue weighted by atomic mass is 16.3. The smallest absolute Gasteiger partial charge is 0.164 e. The number of rotatable bonds is 5. The van der Waals surface area contributed by atoms with Crippen LogP contribution in [0.1, 0.15) is 22.3 Å². The lowest BCUT2D eigenvalue weighted by Gasteiger charge is -2.33. The number of fused-ring (bicyclic) bond motifs is 7. The van der Waals surface area contributed by atoms with Gasteiger partial charge in [-0.05, 0) is 68.4 Å². The summed E-state index contributed by atoms with van der Waals surface area (Å²) in [6.45, 7) is 0. The van der Waals surface area contributed by atoms with Gasteiger partial charge in [0.25, 0.3) is 0 Å². The Morgan fingerprint density at radius 1 is 0.370 bits per heavy atom. The van der Waals surface area contributed by atoms with Crippen LogP contribution in [0.2, 0.25) is 0 Å². The first kappa shape index (κ1) is 30.5. The highest BCUT2D eigenvalue weighted by Crippen LogP contribution is 2.56. The Morgan fingerprint density at radius 3 is 1.74 bits per heavy atom. The molecule has 4 nitrogen and oxygen atoms in total. The van der Waals surface area contributed by atoms with Gasteiger partial charge in [0.1, 0.15) is 11.2 Å². The van der Waals surface area contributed by atoms with Gasteiger partial charge in [-0.15, -0.1) is 0 Å². The Balaban J connectivity index is 1.18. The van der Waals surface area contributed by atoms with E-state index in [1.54, 1.807) is 0 Å². The van der Waals surface area contributed by atoms with Crippen molar-refractivity contribution in [3.8, 4) is 45.3 Å². The van der Waals surface area contributed by atoms with Crippen LogP contribution in [0.5, 0.6) is 0 Å². The fourth-order valence-electron chi connectivity index (χ4n) is 8.63. The van der Waals surface area contributed by atoms with Crippen molar-refractivity contribution in [1.82, 2.24) is 15.0 Å². The van der Waals surface area contributed by atoms with E-state index >= 15 is 0 Å². The third kappa shape index (κ3) is 4.53. The average Bonchev–Trinajstić information content (AvgIpc) is 3.78. The maximum absolute atomic E-state index is 6.62. The SMILES string of the molecule is c1ccc(-c2nc(-c3ccc4ccccc4c3)nc(-c3cccc4oc5ccc(C6(c7ccccc7)c7ccccc7-c7ccccc76)cc5c34)n2)cc1. The van der Waals surface area contributed by atoms with Crippen LogP contribution in [0.25, 0.3) is 78.0 Å². The maximum Gasteiger partial charge on any atom is 0.164 e. The normalized spacial score (nSPS) is 13.0. The van der Waals surface area contributed by atoms with E-state index < -0.39 is 5.41 Å². The largest absolute Gasteiger partial charge is 0.456 e. The predicted molar refractivity (Wildman–Crippen MR) is 218 cm³/mol. The average molecular weight is 690 g/mol. The molecule has 1 aliphatic rings. The number of aromatic nitrogens is 3. The van der Waals surface area contributed by atoms with Crippen LogP contribution in [0, 0.1) is 0 Å². The van der Waals surface area contributed by atoms with Gasteiger partial charge in [0.05, 0.1) is 5.41 Å². The van der Waals surface area contributed by atoms with Crippen molar-refractivity contribution >= 4 is 32.7 Å². The summed E-state index contributed by atoms with van der Waals surface area (Å²) >= 11 is 0. The third-order valence-corrected chi connectivity index (χ3v) is 11.0. The summed E-state index contributed by atoms with van der Waals surface area (Å²) in [6.07, 6.45) is 0. The molecule has 0 aliphatic heterocycles. The highest BCUT2D eigenvalue weighted by Gasteiger charge is 2.46. The molecular formula is C50H31N3O. The number of furan rings is 1. The molecule has 2 heterocycles. The summed E-state index contributed by atoms with van der Waals surface area (Å²) in [5, 5.41) is 4.30. The van der Waals surface area contributed by atoms with Gasteiger partial charge in [0.15, 0.2) is 17.5 Å². The Kier molecular flexibility index (Phi) is 6.73. The number of hydrogen-bond acceptors (Lipinski definition) is 4. The van der Waals surface area contributed by atoms with Crippen LogP contribution >= 0.6 is 0 Å². The Hall–Kier alpha value is -7.17. The van der Waals surface area contributed by atoms with E-state index in [4.69, 9.17) is 19.4 Å². The first-order chi connectivity index (χ1) is 26.8. The first-order valence-electron chi connectivity index (χ1n) is 18.3. The minimum atomic E-state index is -0.530. The highest BCUT2D eigenvalue weighted by molar-refractivity contribution is 6.12. The Labute approximate surface area is 312 Å². The summed E-state index contributed by atoms with van der Waals surface area (Å²) in [5.74, 6) is 1.84. The molecule has 0 fully saturated rings. The predicted octanol–water partition coefficient (Wildman–Crippen LogP) is 12.3. The lowest BCUT2D eigenvalue weighted by Crippen LogP contribution is -2.28. The molecule has 54 heavy (non-hydrogen) atoms. The zero-order chi connectivity index (χ0) is 35.6. The Morgan fingerprint density at radius 2 is 0.981 bits per heavy atom. The summed E-state index contributed by atoms with van der Waals surface area (Å²) in [5.41, 5.74) is 11.3. The third-order valence-electron chi connectivity index (χ3n) is 11.0. The van der Waals surface area contributed by atoms with E-state index in [-0.39, 0.29) is 0 Å². The second kappa shape index (κ2) is 11.9. The Bertz CT molecular complexity index is 3010. The lowest BCUT2D eigenvalue weighted by molar-refractivity contribution is 0.668. The van der Waals surface area contributed by atoms with Crippen molar-refractivity contribution in [2.75, 3.05) is 0 Å². The second-order valence-corrected chi connectivity index (χ2v) is 13.9. The molecule has 0 N–H and O–H groups in total. The van der Waals surface area contributed by atoms with Crippen LogP contribution in [-0.2, 0) is 5.41 Å². The molecule has 252 valence electrons. The van der Waals surface area contributed by atoms with Gasteiger partial charge in [-0.1, -0.05) is 164 Å². The molecule has 0 unspecified atom stereocenters. The second-order valence-electron chi connectivity index (χ2n) is 13.9. The molecule has 0 spiro atoms. The van der Waals surface area contributed by atoms with Crippen LogP contribution in [0.15, 0.2) is 192 Å². The van der Waals surface area contributed by atoms with Crippen molar-refractivity contribution in [2.45, 2.75) is 5.41 Å². The molecule has 0 radical (unpaired) electrons. The molecule has 8 aromatic carbocycles. The molecule has 0 bridgehead atoms. The van der Waals surface area contributed by atoms with Crippen molar-refractivity contribution in [2.24, 2.45) is 0 Å². The van der Waals surface area contributed by atoms with Crippen LogP contribution in [-0.4, -0.2) is 15.0 Å². The van der Waals surface area contributed by atoms with E-state index in [1.165, 1.54) is 38.8 Å². The molecular weight excluding hydrogens is 659 g/mol. The molecule has 4 heteroatoms. The van der Waals surface area contributed by atoms with E-state index in [9.17, 15) is 0 Å². The zero-order valence-electron chi connectivity index (χ0n) is 29.1. The molecule has 0 saturated heterocycles. The quantitative estimate of drug-likeness (QED) is 0.180. The summed E-state index contributed by atoms with van der Waals surface area (Å²) < 4.78 is 6.62. The topological polar surface area (TPSA) is 51.8 Å². The van der Waals surface area contributed by atoms with Crippen LogP contribution in [0.4, 0.5) is 0 Å². The van der Waals surface area contributed by atoms with E-state index in [1.807, 2.05) is 42.5 Å². The summed E-state index contributed by atoms with van der Waals surface area (Å²) in [6, 6.07) is 66.3. The fraction of sp³-hybridized carbons (Fsp3) is 0.0200. The summed E-state index contributed by atoms with van der Waals surface area (Å²) in [7, 11) is 0. The summed E-state index contributed by atoms with van der Waals surface area (Å²) in [4.78, 5) is 15.4. The van der Waals surface area contributed by atoms with Gasteiger partial charge >= 0.3 is 0 Å². The van der Waals surface area contributed by atoms with Gasteiger partial charge in [-0.2, -0.15) is 0 Å². The van der Waals surface area contributed by atoms with Gasteiger partial charge in [0, 0.05) is 27.5 Å². The van der Waals surface area contributed by atoms with E-state index in [0.29, 0.717) is 17.5 Å². The van der Waals surface area contributed by atoms with Crippen molar-refractivity contribution in [3.05, 3.63) is 210 Å². The van der Waals surface area contributed by atoms with E-state index in [2.05, 4.69) is 146 Å². The molecule has 11 rings (SSSR count). The molecule has 10 aromatic rings. The number of hydrogen-bond donors (Lipinski definition) is 0. The van der Waals surface area contributed by atoms with Crippen molar-refractivity contribution in [1.29, 1.82) is 0 Å². The maximum atomic E-state index is 6.62. The van der Waals surface area contributed by atoms with Gasteiger partial charge in [0.2, 0.25) is 0 Å². The van der Waals surface area contributed by atoms with E-state index in [0.717, 1.165) is 44.0 Å². The molecule has 0 saturated carbocycles. The molecule has 2 aromatic heterocycles. The van der Waals surface area contributed by atoms with Crippen LogP contribution in [0.3, 0.4) is 0 Å². The van der Waals surface area contributed by atoms with Crippen molar-refractivity contribution in [3.63, 3.8) is 0 Å². The van der Waals surface area contributed by atoms with Gasteiger partial charge in [-0.25, -0.2) is 15.0 Å². The first-order valence-corrected chi connectivity index (χ1v) is 18.3. The minimum absolute atomic E-state index is 0.530. The monoisotopic (exact) mass is 689 g/mol. The van der Waals surface area contributed by atoms with Gasteiger partial charge in [-0.3, -0.25) is 0 Å². The zero-order valence-corrected chi connectivity index (χ0v) is 29.1. The molecule has 0 amide bonds. The minimum Gasteiger partial charge on any atom is -0.456 e. The van der Waals surface area contributed by atoms with Crippen LogP contribution < -0.4 is 0 Å². The lowest BCUT2D eigenvalue weighted by atomic mass is 9.67. The fourth-order valence-corrected chi connectivity index (χ4v) is 8.63. The van der Waals surface area contributed by atoms with Crippen molar-refractivity contribution < 1.29 is 4.42 Å². The standard InChI is InChI=1S/C50H31N3O/c1-3-15-33(16-4-1)47-51-48(35-27-26-32-14-7-8-17-34(32)30-35)53-49(52-47)40-22-13-25-45-46(40)41-31-37(28-29-44(41)54-45)50(36-18-5-2-6-19-36)42-23-11-9-20-38(42)39-21-10-12-24-43(39)50/h1-31H. The molecule has 0 atom stereocenters. The number of benzene rings is 8. The van der Waals surface area contributed by atoms with Gasteiger partial charge < -0.3 is 4.42 Å². The molecule has 1 aliphatic carbocycles.